The van der Waals surface area contributed by atoms with E-state index in [2.05, 4.69) is 0 Å². The van der Waals surface area contributed by atoms with E-state index < -0.39 is 0 Å². The number of hydrogen-bond acceptors (Lipinski definition) is 4. The molecule has 1 fully saturated rings. The van der Waals surface area contributed by atoms with Crippen LogP contribution in [0.25, 0.3) is 0 Å². The van der Waals surface area contributed by atoms with Crippen LogP contribution in [0.4, 0.5) is 11.4 Å². The van der Waals surface area contributed by atoms with Crippen LogP contribution < -0.4 is 4.90 Å². The number of aryl methyl sites for hydroxylation is 1. The third-order valence-electron chi connectivity index (χ3n) is 3.59. The molecular formula is C13H18N2O3. The number of benzene rings is 1. The molecule has 0 bridgehead atoms. The van der Waals surface area contributed by atoms with Crippen LogP contribution in [0.1, 0.15) is 18.9 Å². The molecule has 1 aliphatic heterocycles. The summed E-state index contributed by atoms with van der Waals surface area (Å²) in [5.41, 5.74) is 1.76. The number of rotatable bonds is 2. The predicted octanol–water partition coefficient (Wildman–Crippen LogP) is 2.11. The SMILES string of the molecule is Cc1cccc([N+](=O)[O-])c1N1CCC(O)C(C)C1. The molecule has 18 heavy (non-hydrogen) atoms. The van der Waals surface area contributed by atoms with Crippen molar-refractivity contribution in [2.24, 2.45) is 5.92 Å². The summed E-state index contributed by atoms with van der Waals surface area (Å²) in [5.74, 6) is 0.137. The topological polar surface area (TPSA) is 66.6 Å². The number of aliphatic hydroxyl groups is 1. The van der Waals surface area contributed by atoms with Crippen LogP contribution in [0.15, 0.2) is 18.2 Å². The Kier molecular flexibility index (Phi) is 3.52. The first-order valence-corrected chi connectivity index (χ1v) is 6.17. The molecule has 0 amide bonds. The summed E-state index contributed by atoms with van der Waals surface area (Å²) in [7, 11) is 0. The van der Waals surface area contributed by atoms with Gasteiger partial charge in [0.15, 0.2) is 0 Å². The van der Waals surface area contributed by atoms with E-state index in [4.69, 9.17) is 0 Å². The van der Waals surface area contributed by atoms with Crippen molar-refractivity contribution in [3.8, 4) is 0 Å². The van der Waals surface area contributed by atoms with Crippen molar-refractivity contribution in [1.29, 1.82) is 0 Å². The highest BCUT2D eigenvalue weighted by atomic mass is 16.6. The Bertz CT molecular complexity index is 462. The molecule has 0 aliphatic carbocycles. The van der Waals surface area contributed by atoms with Gasteiger partial charge in [-0.25, -0.2) is 0 Å². The number of anilines is 1. The summed E-state index contributed by atoms with van der Waals surface area (Å²) >= 11 is 0. The van der Waals surface area contributed by atoms with E-state index in [0.717, 1.165) is 5.56 Å². The van der Waals surface area contributed by atoms with Crippen molar-refractivity contribution in [2.45, 2.75) is 26.4 Å². The van der Waals surface area contributed by atoms with Crippen molar-refractivity contribution in [3.63, 3.8) is 0 Å². The third kappa shape index (κ3) is 2.31. The van der Waals surface area contributed by atoms with Crippen molar-refractivity contribution in [2.75, 3.05) is 18.0 Å². The molecule has 2 rings (SSSR count). The fourth-order valence-corrected chi connectivity index (χ4v) is 2.54. The normalized spacial score (nSPS) is 24.1. The van der Waals surface area contributed by atoms with E-state index in [1.807, 2.05) is 24.8 Å². The molecule has 0 radical (unpaired) electrons. The van der Waals surface area contributed by atoms with Gasteiger partial charge in [0.1, 0.15) is 5.69 Å². The molecular weight excluding hydrogens is 232 g/mol. The van der Waals surface area contributed by atoms with E-state index in [1.54, 1.807) is 6.07 Å². The second kappa shape index (κ2) is 4.94. The summed E-state index contributed by atoms with van der Waals surface area (Å²) in [5, 5.41) is 20.8. The lowest BCUT2D eigenvalue weighted by atomic mass is 9.95. The molecule has 1 heterocycles. The Morgan fingerprint density at radius 1 is 1.50 bits per heavy atom. The summed E-state index contributed by atoms with van der Waals surface area (Å²) < 4.78 is 0. The van der Waals surface area contributed by atoms with Crippen LogP contribution in [0.2, 0.25) is 0 Å². The Morgan fingerprint density at radius 2 is 2.22 bits per heavy atom. The standard InChI is InChI=1S/C13H18N2O3/c1-9-4-3-5-11(15(17)18)13(9)14-7-6-12(16)10(2)8-14/h3-5,10,12,16H,6-8H2,1-2H3. The maximum Gasteiger partial charge on any atom is 0.292 e. The molecule has 5 nitrogen and oxygen atoms in total. The van der Waals surface area contributed by atoms with Gasteiger partial charge in [-0.3, -0.25) is 10.1 Å². The van der Waals surface area contributed by atoms with E-state index in [9.17, 15) is 15.2 Å². The van der Waals surface area contributed by atoms with Gasteiger partial charge in [-0.1, -0.05) is 19.1 Å². The number of para-hydroxylation sites is 1. The first-order valence-electron chi connectivity index (χ1n) is 6.17. The number of nitro benzene ring substituents is 1. The lowest BCUT2D eigenvalue weighted by molar-refractivity contribution is -0.384. The molecule has 1 N–H and O–H groups in total. The summed E-state index contributed by atoms with van der Waals surface area (Å²) in [6.07, 6.45) is 0.358. The molecule has 0 saturated carbocycles. The molecule has 98 valence electrons. The lowest BCUT2D eigenvalue weighted by Crippen LogP contribution is -2.42. The lowest BCUT2D eigenvalue weighted by Gasteiger charge is -2.36. The van der Waals surface area contributed by atoms with E-state index in [-0.39, 0.29) is 22.6 Å². The predicted molar refractivity (Wildman–Crippen MR) is 69.8 cm³/mol. The average Bonchev–Trinajstić information content (AvgIpc) is 2.32. The van der Waals surface area contributed by atoms with Crippen LogP contribution in [-0.4, -0.2) is 29.2 Å². The van der Waals surface area contributed by atoms with Gasteiger partial charge in [-0.2, -0.15) is 0 Å². The number of nitro groups is 1. The van der Waals surface area contributed by atoms with Crippen LogP contribution >= 0.6 is 0 Å². The van der Waals surface area contributed by atoms with Gasteiger partial charge >= 0.3 is 0 Å². The van der Waals surface area contributed by atoms with E-state index in [0.29, 0.717) is 25.2 Å². The second-order valence-corrected chi connectivity index (χ2v) is 4.98. The van der Waals surface area contributed by atoms with Gasteiger partial charge in [0, 0.05) is 19.2 Å². The molecule has 1 aromatic carbocycles. The number of hydrogen-bond donors (Lipinski definition) is 1. The molecule has 1 aliphatic rings. The highest BCUT2D eigenvalue weighted by molar-refractivity contribution is 5.67. The van der Waals surface area contributed by atoms with Crippen molar-refractivity contribution in [1.82, 2.24) is 0 Å². The average molecular weight is 250 g/mol. The zero-order chi connectivity index (χ0) is 13.3. The minimum Gasteiger partial charge on any atom is -0.393 e. The monoisotopic (exact) mass is 250 g/mol. The first kappa shape index (κ1) is 12.8. The van der Waals surface area contributed by atoms with Crippen LogP contribution in [-0.2, 0) is 0 Å². The maximum atomic E-state index is 11.1. The molecule has 2 atom stereocenters. The fourth-order valence-electron chi connectivity index (χ4n) is 2.54. The minimum absolute atomic E-state index is 0.137. The third-order valence-corrected chi connectivity index (χ3v) is 3.59. The van der Waals surface area contributed by atoms with E-state index >= 15 is 0 Å². The zero-order valence-corrected chi connectivity index (χ0v) is 10.7. The largest absolute Gasteiger partial charge is 0.393 e. The van der Waals surface area contributed by atoms with Gasteiger partial charge in [0.25, 0.3) is 5.69 Å². The number of aliphatic hydroxyl groups excluding tert-OH is 1. The summed E-state index contributed by atoms with van der Waals surface area (Å²) in [6.45, 7) is 5.18. The number of piperidine rings is 1. The molecule has 2 unspecified atom stereocenters. The summed E-state index contributed by atoms with van der Waals surface area (Å²) in [4.78, 5) is 12.8. The van der Waals surface area contributed by atoms with Gasteiger partial charge in [0.05, 0.1) is 11.0 Å². The Balaban J connectivity index is 2.36. The van der Waals surface area contributed by atoms with Gasteiger partial charge in [-0.15, -0.1) is 0 Å². The second-order valence-electron chi connectivity index (χ2n) is 4.98. The zero-order valence-electron chi connectivity index (χ0n) is 10.7. The van der Waals surface area contributed by atoms with E-state index in [1.165, 1.54) is 6.07 Å². The van der Waals surface area contributed by atoms with Crippen LogP contribution in [0.3, 0.4) is 0 Å². The van der Waals surface area contributed by atoms with Crippen molar-refractivity contribution in [3.05, 3.63) is 33.9 Å². The minimum atomic E-state index is -0.335. The fraction of sp³-hybridized carbons (Fsp3) is 0.538. The quantitative estimate of drug-likeness (QED) is 0.645. The molecule has 5 heteroatoms. The number of nitrogens with zero attached hydrogens (tertiary/aromatic N) is 2. The first-order chi connectivity index (χ1) is 8.50. The van der Waals surface area contributed by atoms with Gasteiger partial charge < -0.3 is 10.0 Å². The maximum absolute atomic E-state index is 11.1. The van der Waals surface area contributed by atoms with Gasteiger partial charge in [-0.05, 0) is 24.8 Å². The van der Waals surface area contributed by atoms with Crippen LogP contribution in [0.5, 0.6) is 0 Å². The van der Waals surface area contributed by atoms with Crippen LogP contribution in [0, 0.1) is 23.0 Å². The Morgan fingerprint density at radius 3 is 2.83 bits per heavy atom. The highest BCUT2D eigenvalue weighted by Crippen LogP contribution is 2.34. The molecule has 0 spiro atoms. The Labute approximate surface area is 106 Å². The molecule has 0 aromatic heterocycles. The summed E-state index contributed by atoms with van der Waals surface area (Å²) in [6, 6.07) is 5.13. The van der Waals surface area contributed by atoms with Crippen molar-refractivity contribution < 1.29 is 10.0 Å². The van der Waals surface area contributed by atoms with Gasteiger partial charge in [0.2, 0.25) is 0 Å². The van der Waals surface area contributed by atoms with Crippen molar-refractivity contribution >= 4 is 11.4 Å². The molecule has 1 aromatic rings. The Hall–Kier alpha value is -1.62. The highest BCUT2D eigenvalue weighted by Gasteiger charge is 2.29. The smallest absolute Gasteiger partial charge is 0.292 e. The molecule has 1 saturated heterocycles.